The van der Waals surface area contributed by atoms with Crippen LogP contribution in [0.3, 0.4) is 0 Å². The van der Waals surface area contributed by atoms with Crippen LogP contribution in [0.5, 0.6) is 0 Å². The van der Waals surface area contributed by atoms with E-state index >= 15 is 0 Å². The summed E-state index contributed by atoms with van der Waals surface area (Å²) in [6.07, 6.45) is 0. The third-order valence-electron chi connectivity index (χ3n) is 2.99. The first-order valence-electron chi connectivity index (χ1n) is 6.05. The van der Waals surface area contributed by atoms with Crippen molar-refractivity contribution >= 4 is 27.6 Å². The van der Waals surface area contributed by atoms with Crippen LogP contribution in [0, 0.1) is 18.6 Å². The zero-order chi connectivity index (χ0) is 15.6. The van der Waals surface area contributed by atoms with Gasteiger partial charge in [0, 0.05) is 21.3 Å². The van der Waals surface area contributed by atoms with Crippen molar-refractivity contribution in [1.29, 1.82) is 0 Å². The first-order chi connectivity index (χ1) is 9.88. The lowest BCUT2D eigenvalue weighted by molar-refractivity contribution is 0.0468. The summed E-state index contributed by atoms with van der Waals surface area (Å²) in [5.74, 6) is -1.84. The lowest BCUT2D eigenvalue weighted by Gasteiger charge is -2.08. The van der Waals surface area contributed by atoms with Gasteiger partial charge in [0.25, 0.3) is 0 Å². The Morgan fingerprint density at radius 1 is 1.24 bits per heavy atom. The van der Waals surface area contributed by atoms with Gasteiger partial charge in [-0.3, -0.25) is 0 Å². The molecule has 3 nitrogen and oxygen atoms in total. The minimum Gasteiger partial charge on any atom is -0.457 e. The molecular formula is C15H12BrF2NO2. The molecule has 0 radical (unpaired) electrons. The predicted molar refractivity (Wildman–Crippen MR) is 78.8 cm³/mol. The molecule has 2 rings (SSSR count). The number of carbonyl (C=O) groups excluding carboxylic acids is 1. The third-order valence-corrected chi connectivity index (χ3v) is 3.49. The molecule has 0 saturated heterocycles. The minimum atomic E-state index is -0.761. The molecule has 0 atom stereocenters. The Hall–Kier alpha value is -1.95. The maximum absolute atomic E-state index is 13.6. The predicted octanol–water partition coefficient (Wildman–Crippen LogP) is 3.97. The van der Waals surface area contributed by atoms with Gasteiger partial charge in [0.1, 0.15) is 18.2 Å². The van der Waals surface area contributed by atoms with Crippen LogP contribution >= 0.6 is 15.9 Å². The van der Waals surface area contributed by atoms with E-state index < -0.39 is 17.6 Å². The molecule has 21 heavy (non-hydrogen) atoms. The average Bonchev–Trinajstić information content (AvgIpc) is 2.43. The Kier molecular flexibility index (Phi) is 4.57. The van der Waals surface area contributed by atoms with Gasteiger partial charge < -0.3 is 10.5 Å². The van der Waals surface area contributed by atoms with Crippen LogP contribution in [0.2, 0.25) is 0 Å². The van der Waals surface area contributed by atoms with Crippen molar-refractivity contribution < 1.29 is 18.3 Å². The molecule has 0 aliphatic carbocycles. The Balaban J connectivity index is 2.12. The summed E-state index contributed by atoms with van der Waals surface area (Å²) in [6, 6.07) is 6.78. The lowest BCUT2D eigenvalue weighted by Crippen LogP contribution is -2.08. The van der Waals surface area contributed by atoms with E-state index in [0.717, 1.165) is 6.07 Å². The molecule has 0 saturated carbocycles. The second kappa shape index (κ2) is 6.22. The first-order valence-corrected chi connectivity index (χ1v) is 6.84. The highest BCUT2D eigenvalue weighted by Crippen LogP contribution is 2.20. The number of esters is 1. The summed E-state index contributed by atoms with van der Waals surface area (Å²) in [6.45, 7) is 1.27. The van der Waals surface area contributed by atoms with E-state index in [-0.39, 0.29) is 29.0 Å². The Bertz CT molecular complexity index is 681. The molecule has 0 heterocycles. The standard InChI is InChI=1S/C15H12BrF2NO2/c1-8-12(17)4-10(5-14(8)19)15(20)21-7-9-2-3-11(16)6-13(9)18/h2-6H,7,19H2,1H3. The highest BCUT2D eigenvalue weighted by Gasteiger charge is 2.13. The van der Waals surface area contributed by atoms with E-state index in [2.05, 4.69) is 15.9 Å². The number of hydrogen-bond donors (Lipinski definition) is 1. The topological polar surface area (TPSA) is 52.3 Å². The number of carbonyl (C=O) groups is 1. The van der Waals surface area contributed by atoms with E-state index in [4.69, 9.17) is 10.5 Å². The number of nitrogen functional groups attached to an aromatic ring is 1. The highest BCUT2D eigenvalue weighted by molar-refractivity contribution is 9.10. The number of hydrogen-bond acceptors (Lipinski definition) is 3. The van der Waals surface area contributed by atoms with Crippen molar-refractivity contribution in [2.45, 2.75) is 13.5 Å². The van der Waals surface area contributed by atoms with Crippen LogP contribution in [0.15, 0.2) is 34.8 Å². The fourth-order valence-corrected chi connectivity index (χ4v) is 2.02. The van der Waals surface area contributed by atoms with Gasteiger partial charge in [-0.2, -0.15) is 0 Å². The molecule has 110 valence electrons. The molecule has 2 aromatic carbocycles. The Morgan fingerprint density at radius 3 is 2.57 bits per heavy atom. The number of halogens is 3. The zero-order valence-corrected chi connectivity index (χ0v) is 12.7. The van der Waals surface area contributed by atoms with Gasteiger partial charge in [0.2, 0.25) is 0 Å². The van der Waals surface area contributed by atoms with Gasteiger partial charge in [-0.1, -0.05) is 22.0 Å². The molecule has 0 aromatic heterocycles. The lowest BCUT2D eigenvalue weighted by atomic mass is 10.1. The normalized spacial score (nSPS) is 10.5. The average molecular weight is 356 g/mol. The second-order valence-electron chi connectivity index (χ2n) is 4.48. The van der Waals surface area contributed by atoms with Gasteiger partial charge in [0.15, 0.2) is 0 Å². The monoisotopic (exact) mass is 355 g/mol. The van der Waals surface area contributed by atoms with E-state index in [1.807, 2.05) is 0 Å². The molecule has 0 fully saturated rings. The maximum Gasteiger partial charge on any atom is 0.338 e. The molecule has 0 amide bonds. The largest absolute Gasteiger partial charge is 0.457 e. The summed E-state index contributed by atoms with van der Waals surface area (Å²) < 4.78 is 32.7. The van der Waals surface area contributed by atoms with Crippen LogP contribution in [-0.4, -0.2) is 5.97 Å². The van der Waals surface area contributed by atoms with Gasteiger partial charge in [0.05, 0.1) is 5.56 Å². The summed E-state index contributed by atoms with van der Waals surface area (Å²) in [4.78, 5) is 11.8. The van der Waals surface area contributed by atoms with Gasteiger partial charge in [-0.15, -0.1) is 0 Å². The summed E-state index contributed by atoms with van der Waals surface area (Å²) in [5, 5.41) is 0. The SMILES string of the molecule is Cc1c(N)cc(C(=O)OCc2ccc(Br)cc2F)cc1F. The number of benzene rings is 2. The quantitative estimate of drug-likeness (QED) is 0.669. The summed E-state index contributed by atoms with van der Waals surface area (Å²) >= 11 is 3.13. The molecule has 0 unspecified atom stereocenters. The fourth-order valence-electron chi connectivity index (χ4n) is 1.68. The minimum absolute atomic E-state index is 0.00637. The van der Waals surface area contributed by atoms with Crippen LogP contribution < -0.4 is 5.73 Å². The van der Waals surface area contributed by atoms with Crippen LogP contribution in [-0.2, 0) is 11.3 Å². The van der Waals surface area contributed by atoms with Crippen molar-refractivity contribution in [2.24, 2.45) is 0 Å². The van der Waals surface area contributed by atoms with E-state index in [1.54, 1.807) is 6.07 Å². The third kappa shape index (κ3) is 3.58. The molecular weight excluding hydrogens is 344 g/mol. The fraction of sp³-hybridized carbons (Fsp3) is 0.133. The maximum atomic E-state index is 13.6. The highest BCUT2D eigenvalue weighted by atomic mass is 79.9. The van der Waals surface area contributed by atoms with E-state index in [9.17, 15) is 13.6 Å². The van der Waals surface area contributed by atoms with Crippen molar-refractivity contribution in [3.63, 3.8) is 0 Å². The van der Waals surface area contributed by atoms with E-state index in [0.29, 0.717) is 4.47 Å². The number of anilines is 1. The van der Waals surface area contributed by atoms with Gasteiger partial charge in [-0.05, 0) is 31.2 Å². The number of rotatable bonds is 3. The van der Waals surface area contributed by atoms with Gasteiger partial charge in [-0.25, -0.2) is 13.6 Å². The van der Waals surface area contributed by atoms with Gasteiger partial charge >= 0.3 is 5.97 Å². The zero-order valence-electron chi connectivity index (χ0n) is 11.1. The Morgan fingerprint density at radius 2 is 1.95 bits per heavy atom. The molecule has 0 spiro atoms. The second-order valence-corrected chi connectivity index (χ2v) is 5.40. The van der Waals surface area contributed by atoms with Crippen LogP contribution in [0.4, 0.5) is 14.5 Å². The van der Waals surface area contributed by atoms with Crippen LogP contribution in [0.25, 0.3) is 0 Å². The molecule has 0 aliphatic rings. The molecule has 2 N–H and O–H groups in total. The van der Waals surface area contributed by atoms with Crippen LogP contribution in [0.1, 0.15) is 21.5 Å². The smallest absolute Gasteiger partial charge is 0.338 e. The summed E-state index contributed by atoms with van der Waals surface area (Å²) in [5.41, 5.74) is 6.25. The van der Waals surface area contributed by atoms with Crippen molar-refractivity contribution in [1.82, 2.24) is 0 Å². The van der Waals surface area contributed by atoms with Crippen molar-refractivity contribution in [3.05, 3.63) is 63.1 Å². The molecule has 0 aliphatic heterocycles. The number of ether oxygens (including phenoxy) is 1. The first kappa shape index (κ1) is 15.4. The number of nitrogens with two attached hydrogens (primary N) is 1. The van der Waals surface area contributed by atoms with E-state index in [1.165, 1.54) is 25.1 Å². The Labute approximate surface area is 128 Å². The molecule has 2 aromatic rings. The molecule has 0 bridgehead atoms. The van der Waals surface area contributed by atoms with Crippen molar-refractivity contribution in [2.75, 3.05) is 5.73 Å². The summed E-state index contributed by atoms with van der Waals surface area (Å²) in [7, 11) is 0. The van der Waals surface area contributed by atoms with Crippen molar-refractivity contribution in [3.8, 4) is 0 Å². The molecule has 6 heteroatoms.